The molecule has 3 rings (SSSR count). The number of halogens is 1. The monoisotopic (exact) mass is 422 g/mol. The summed E-state index contributed by atoms with van der Waals surface area (Å²) in [6, 6.07) is 21.1. The number of aromatic nitrogens is 1. The van der Waals surface area contributed by atoms with E-state index in [4.69, 9.17) is 0 Å². The Kier molecular flexibility index (Phi) is 6.48. The highest BCUT2D eigenvalue weighted by Crippen LogP contribution is 2.29. The summed E-state index contributed by atoms with van der Waals surface area (Å²) in [7, 11) is 0. The van der Waals surface area contributed by atoms with Crippen molar-refractivity contribution < 1.29 is 4.79 Å². The third-order valence-corrected chi connectivity index (χ3v) is 4.94. The highest BCUT2D eigenvalue weighted by atomic mass is 79.9. The van der Waals surface area contributed by atoms with E-state index in [1.165, 1.54) is 11.8 Å². The van der Waals surface area contributed by atoms with E-state index in [1.807, 2.05) is 54.6 Å². The Hall–Kier alpha value is -2.55. The number of hydrogen-bond donors (Lipinski definition) is 1. The largest absolute Gasteiger partial charge is 0.341 e. The van der Waals surface area contributed by atoms with Crippen LogP contribution in [0, 0.1) is 11.8 Å². The summed E-state index contributed by atoms with van der Waals surface area (Å²) < 4.78 is 1.01. The molecule has 2 aromatic carbocycles. The normalized spacial score (nSPS) is 9.88. The molecule has 3 nitrogen and oxygen atoms in total. The second-order valence-corrected chi connectivity index (χ2v) is 7.24. The highest BCUT2D eigenvalue weighted by molar-refractivity contribution is 9.10. The second kappa shape index (κ2) is 9.23. The third-order valence-electron chi connectivity index (χ3n) is 3.39. The van der Waals surface area contributed by atoms with E-state index < -0.39 is 0 Å². The molecule has 0 unspecified atom stereocenters. The SMILES string of the molecule is O=C(NCC#Cc1ccccc1)c1cccnc1Sc1ccc(Br)cc1. The Bertz CT molecular complexity index is 947. The molecule has 0 fully saturated rings. The summed E-state index contributed by atoms with van der Waals surface area (Å²) >= 11 is 4.88. The van der Waals surface area contributed by atoms with Crippen molar-refractivity contribution in [2.24, 2.45) is 0 Å². The van der Waals surface area contributed by atoms with Gasteiger partial charge in [-0.05, 0) is 48.5 Å². The number of pyridine rings is 1. The van der Waals surface area contributed by atoms with Gasteiger partial charge in [0.1, 0.15) is 5.03 Å². The number of nitrogens with zero attached hydrogens (tertiary/aromatic N) is 1. The van der Waals surface area contributed by atoms with Crippen LogP contribution >= 0.6 is 27.7 Å². The molecule has 1 heterocycles. The lowest BCUT2D eigenvalue weighted by atomic mass is 10.2. The van der Waals surface area contributed by atoms with E-state index in [-0.39, 0.29) is 12.5 Å². The standard InChI is InChI=1S/C21H15BrN2OS/c22-17-10-12-18(13-11-17)26-21-19(9-5-15-24-21)20(25)23-14-4-8-16-6-2-1-3-7-16/h1-3,5-7,9-13,15H,14H2,(H,23,25). The summed E-state index contributed by atoms with van der Waals surface area (Å²) in [5.41, 5.74) is 1.47. The van der Waals surface area contributed by atoms with Crippen molar-refractivity contribution in [3.8, 4) is 11.8 Å². The lowest BCUT2D eigenvalue weighted by Crippen LogP contribution is -2.24. The first kappa shape index (κ1) is 18.2. The van der Waals surface area contributed by atoms with Gasteiger partial charge in [-0.15, -0.1) is 0 Å². The van der Waals surface area contributed by atoms with Gasteiger partial charge in [0.25, 0.3) is 5.91 Å². The van der Waals surface area contributed by atoms with Gasteiger partial charge in [0.15, 0.2) is 0 Å². The zero-order chi connectivity index (χ0) is 18.2. The minimum atomic E-state index is -0.180. The van der Waals surface area contributed by atoms with E-state index in [0.29, 0.717) is 10.6 Å². The van der Waals surface area contributed by atoms with Crippen molar-refractivity contribution in [3.63, 3.8) is 0 Å². The zero-order valence-corrected chi connectivity index (χ0v) is 16.2. The third kappa shape index (κ3) is 5.22. The minimum Gasteiger partial charge on any atom is -0.341 e. The molecule has 128 valence electrons. The zero-order valence-electron chi connectivity index (χ0n) is 13.8. The van der Waals surface area contributed by atoms with Crippen LogP contribution in [0.2, 0.25) is 0 Å². The maximum Gasteiger partial charge on any atom is 0.254 e. The first-order valence-electron chi connectivity index (χ1n) is 7.93. The number of hydrogen-bond acceptors (Lipinski definition) is 3. The van der Waals surface area contributed by atoms with Crippen molar-refractivity contribution in [3.05, 3.63) is 88.5 Å². The Balaban J connectivity index is 1.66. The van der Waals surface area contributed by atoms with Crippen molar-refractivity contribution >= 4 is 33.6 Å². The Morgan fingerprint density at radius 2 is 1.81 bits per heavy atom. The van der Waals surface area contributed by atoms with E-state index in [2.05, 4.69) is 38.1 Å². The molecule has 0 aliphatic carbocycles. The van der Waals surface area contributed by atoms with Crippen LogP contribution in [0.3, 0.4) is 0 Å². The van der Waals surface area contributed by atoms with E-state index in [1.54, 1.807) is 18.3 Å². The van der Waals surface area contributed by atoms with Crippen molar-refractivity contribution in [1.82, 2.24) is 10.3 Å². The fourth-order valence-corrected chi connectivity index (χ4v) is 3.29. The smallest absolute Gasteiger partial charge is 0.254 e. The summed E-state index contributed by atoms with van der Waals surface area (Å²) in [4.78, 5) is 17.8. The number of benzene rings is 2. The van der Waals surface area contributed by atoms with Crippen LogP contribution < -0.4 is 5.32 Å². The fraction of sp³-hybridized carbons (Fsp3) is 0.0476. The minimum absolute atomic E-state index is 0.180. The Morgan fingerprint density at radius 3 is 2.58 bits per heavy atom. The Morgan fingerprint density at radius 1 is 1.04 bits per heavy atom. The van der Waals surface area contributed by atoms with Gasteiger partial charge in [0.05, 0.1) is 12.1 Å². The quantitative estimate of drug-likeness (QED) is 0.615. The van der Waals surface area contributed by atoms with Gasteiger partial charge >= 0.3 is 0 Å². The Labute approximate surface area is 165 Å². The van der Waals surface area contributed by atoms with Crippen LogP contribution in [0.25, 0.3) is 0 Å². The van der Waals surface area contributed by atoms with Gasteiger partial charge in [0.2, 0.25) is 0 Å². The first-order valence-corrected chi connectivity index (χ1v) is 9.54. The summed E-state index contributed by atoms with van der Waals surface area (Å²) in [6.07, 6.45) is 1.69. The summed E-state index contributed by atoms with van der Waals surface area (Å²) in [5, 5.41) is 3.50. The molecule has 0 aliphatic rings. The predicted molar refractivity (Wildman–Crippen MR) is 108 cm³/mol. The average molecular weight is 423 g/mol. The summed E-state index contributed by atoms with van der Waals surface area (Å²) in [5.74, 6) is 5.80. The molecule has 0 bridgehead atoms. The predicted octanol–water partition coefficient (Wildman–Crippen LogP) is 4.78. The molecule has 0 saturated carbocycles. The van der Waals surface area contributed by atoms with Crippen LogP contribution in [-0.4, -0.2) is 17.4 Å². The maximum atomic E-state index is 12.5. The van der Waals surface area contributed by atoms with Gasteiger partial charge in [0, 0.05) is 21.1 Å². The summed E-state index contributed by atoms with van der Waals surface area (Å²) in [6.45, 7) is 0.283. The molecule has 1 aromatic heterocycles. The number of nitrogens with one attached hydrogen (secondary N) is 1. The van der Waals surface area contributed by atoms with E-state index in [9.17, 15) is 4.79 Å². The van der Waals surface area contributed by atoms with Crippen molar-refractivity contribution in [1.29, 1.82) is 0 Å². The molecule has 0 atom stereocenters. The lowest BCUT2D eigenvalue weighted by Gasteiger charge is -2.07. The number of amides is 1. The second-order valence-electron chi connectivity index (χ2n) is 5.26. The molecular formula is C21H15BrN2OS. The molecule has 26 heavy (non-hydrogen) atoms. The molecule has 0 radical (unpaired) electrons. The van der Waals surface area contributed by atoms with E-state index >= 15 is 0 Å². The number of carbonyl (C=O) groups is 1. The topological polar surface area (TPSA) is 42.0 Å². The molecular weight excluding hydrogens is 408 g/mol. The van der Waals surface area contributed by atoms with Crippen LogP contribution in [0.4, 0.5) is 0 Å². The van der Waals surface area contributed by atoms with Gasteiger partial charge in [-0.1, -0.05) is 57.7 Å². The van der Waals surface area contributed by atoms with Gasteiger partial charge in [-0.25, -0.2) is 4.98 Å². The fourth-order valence-electron chi connectivity index (χ4n) is 2.15. The number of carbonyl (C=O) groups excluding carboxylic acids is 1. The molecule has 0 saturated heterocycles. The first-order chi connectivity index (χ1) is 12.7. The van der Waals surface area contributed by atoms with Crippen LogP contribution in [0.15, 0.2) is 87.3 Å². The van der Waals surface area contributed by atoms with Gasteiger partial charge in [-0.2, -0.15) is 0 Å². The number of rotatable bonds is 4. The molecule has 1 amide bonds. The van der Waals surface area contributed by atoms with Gasteiger partial charge < -0.3 is 5.32 Å². The average Bonchev–Trinajstić information content (AvgIpc) is 2.68. The maximum absolute atomic E-state index is 12.5. The molecule has 0 spiro atoms. The molecule has 0 aliphatic heterocycles. The van der Waals surface area contributed by atoms with Crippen LogP contribution in [0.5, 0.6) is 0 Å². The molecule has 1 N–H and O–H groups in total. The van der Waals surface area contributed by atoms with Crippen LogP contribution in [-0.2, 0) is 0 Å². The van der Waals surface area contributed by atoms with Crippen molar-refractivity contribution in [2.45, 2.75) is 9.92 Å². The highest BCUT2D eigenvalue weighted by Gasteiger charge is 2.12. The van der Waals surface area contributed by atoms with Crippen molar-refractivity contribution in [2.75, 3.05) is 6.54 Å². The van der Waals surface area contributed by atoms with Gasteiger partial charge in [-0.3, -0.25) is 4.79 Å². The molecule has 5 heteroatoms. The molecule has 3 aromatic rings. The lowest BCUT2D eigenvalue weighted by molar-refractivity contribution is 0.0955. The van der Waals surface area contributed by atoms with Crippen LogP contribution in [0.1, 0.15) is 15.9 Å². The van der Waals surface area contributed by atoms with E-state index in [0.717, 1.165) is 14.9 Å².